The number of hydrogen-bond acceptors (Lipinski definition) is 3. The summed E-state index contributed by atoms with van der Waals surface area (Å²) in [6.07, 6.45) is 0.913. The second-order valence-electron chi connectivity index (χ2n) is 1.48. The molecule has 0 fully saturated rings. The Labute approximate surface area is 50.8 Å². The van der Waals surface area contributed by atoms with Crippen molar-refractivity contribution in [3.05, 3.63) is 0 Å². The Balaban J connectivity index is 3.57. The zero-order valence-electron chi connectivity index (χ0n) is 4.51. The molecule has 1 unspecified atom stereocenters. The molecule has 0 aliphatic carbocycles. The molecule has 0 aromatic heterocycles. The standard InChI is InChI=1S/C4H9OS2/c1-3-4(2)7(5)6/h4H,3H2,1-2H3/q-1. The lowest BCUT2D eigenvalue weighted by Crippen LogP contribution is -1.97. The molecule has 0 spiro atoms. The second kappa shape index (κ2) is 3.38. The van der Waals surface area contributed by atoms with E-state index < -0.39 is 9.36 Å². The highest BCUT2D eigenvalue weighted by Crippen LogP contribution is 1.91. The highest BCUT2D eigenvalue weighted by Gasteiger charge is 1.82. The molecule has 0 heterocycles. The summed E-state index contributed by atoms with van der Waals surface area (Å²) in [5, 5.41) is 0.190. The van der Waals surface area contributed by atoms with E-state index >= 15 is 0 Å². The molecule has 0 amide bonds. The van der Waals surface area contributed by atoms with Crippen LogP contribution in [0.1, 0.15) is 20.3 Å². The summed E-state index contributed by atoms with van der Waals surface area (Å²) in [6.45, 7) is 3.87. The van der Waals surface area contributed by atoms with Crippen molar-refractivity contribution in [3.63, 3.8) is 0 Å². The van der Waals surface area contributed by atoms with Gasteiger partial charge in [-0.1, -0.05) is 25.5 Å². The van der Waals surface area contributed by atoms with Gasteiger partial charge in [-0.3, -0.25) is 0 Å². The molecular formula is C4H9OS2-. The van der Waals surface area contributed by atoms with Crippen molar-refractivity contribution in [2.75, 3.05) is 0 Å². The van der Waals surface area contributed by atoms with Gasteiger partial charge in [-0.25, -0.2) is 20.5 Å². The summed E-state index contributed by atoms with van der Waals surface area (Å²) in [6, 6.07) is 0. The van der Waals surface area contributed by atoms with Crippen LogP contribution >= 0.6 is 0 Å². The van der Waals surface area contributed by atoms with Crippen LogP contribution in [0, 0.1) is 0 Å². The van der Waals surface area contributed by atoms with Gasteiger partial charge in [0.15, 0.2) is 0 Å². The highest BCUT2D eigenvalue weighted by molar-refractivity contribution is 8.22. The molecule has 3 heteroatoms. The van der Waals surface area contributed by atoms with Crippen molar-refractivity contribution in [1.29, 1.82) is 0 Å². The van der Waals surface area contributed by atoms with Crippen molar-refractivity contribution < 1.29 is 4.21 Å². The fourth-order valence-corrected chi connectivity index (χ4v) is 0.816. The average Bonchev–Trinajstić information content (AvgIpc) is 1.65. The van der Waals surface area contributed by atoms with Crippen molar-refractivity contribution >= 4 is 20.5 Å². The summed E-state index contributed by atoms with van der Waals surface area (Å²) in [5.41, 5.74) is 0. The molecule has 1 nitrogen and oxygen atoms in total. The van der Waals surface area contributed by atoms with Crippen molar-refractivity contribution in [3.8, 4) is 0 Å². The van der Waals surface area contributed by atoms with Crippen LogP contribution in [0.5, 0.6) is 0 Å². The van der Waals surface area contributed by atoms with Gasteiger partial charge in [0.1, 0.15) is 0 Å². The summed E-state index contributed by atoms with van der Waals surface area (Å²) >= 11 is 4.47. The van der Waals surface area contributed by atoms with Crippen LogP contribution in [0.4, 0.5) is 0 Å². The molecule has 1 atom stereocenters. The van der Waals surface area contributed by atoms with Gasteiger partial charge in [0, 0.05) is 0 Å². The zero-order chi connectivity index (χ0) is 5.86. The third kappa shape index (κ3) is 3.00. The van der Waals surface area contributed by atoms with Gasteiger partial charge in [-0.15, -0.1) is 0 Å². The van der Waals surface area contributed by atoms with E-state index in [1.165, 1.54) is 0 Å². The molecule has 0 radical (unpaired) electrons. The molecule has 0 aromatic rings. The highest BCUT2D eigenvalue weighted by atomic mass is 32.8. The smallest absolute Gasteiger partial charge is 0.0667 e. The monoisotopic (exact) mass is 137 g/mol. The van der Waals surface area contributed by atoms with Gasteiger partial charge in [0.2, 0.25) is 0 Å². The summed E-state index contributed by atoms with van der Waals surface area (Å²) in [4.78, 5) is 0. The molecule has 0 N–H and O–H groups in total. The third-order valence-corrected chi connectivity index (χ3v) is 2.88. The van der Waals surface area contributed by atoms with E-state index in [9.17, 15) is 4.21 Å². The lowest BCUT2D eigenvalue weighted by Gasteiger charge is -2.06. The Morgan fingerprint density at radius 1 is 1.86 bits per heavy atom. The normalized spacial score (nSPS) is 14.7. The van der Waals surface area contributed by atoms with E-state index in [-0.39, 0.29) is 5.25 Å². The predicted molar refractivity (Wildman–Crippen MR) is 35.2 cm³/mol. The Bertz CT molecular complexity index is 98.3. The summed E-state index contributed by atoms with van der Waals surface area (Å²) < 4.78 is 10.3. The Hall–Kier alpha value is 0.370. The summed E-state index contributed by atoms with van der Waals surface area (Å²) in [7, 11) is -1.03. The van der Waals surface area contributed by atoms with Gasteiger partial charge in [0.25, 0.3) is 0 Å². The molecular weight excluding hydrogens is 128 g/mol. The SMILES string of the molecule is CCC(C)[S-](=O)=S. The fourth-order valence-electron chi connectivity index (χ4n) is 0.136. The maximum absolute atomic E-state index is 10.3. The fraction of sp³-hybridized carbons (Fsp3) is 1.00. The quantitative estimate of drug-likeness (QED) is 0.532. The number of hydrogen-bond donors (Lipinski definition) is 0. The molecule has 0 aliphatic rings. The molecule has 0 rings (SSSR count). The lowest BCUT2D eigenvalue weighted by atomic mass is 10.4. The van der Waals surface area contributed by atoms with Crippen molar-refractivity contribution in [2.45, 2.75) is 25.5 Å². The Kier molecular flexibility index (Phi) is 3.56. The minimum atomic E-state index is -1.03. The summed E-state index contributed by atoms with van der Waals surface area (Å²) in [5.74, 6) is 0. The van der Waals surface area contributed by atoms with E-state index in [0.717, 1.165) is 6.42 Å². The first-order valence-electron chi connectivity index (χ1n) is 2.26. The second-order valence-corrected chi connectivity index (χ2v) is 3.79. The molecule has 0 aromatic carbocycles. The Morgan fingerprint density at radius 3 is 2.29 bits per heavy atom. The van der Waals surface area contributed by atoms with E-state index in [0.29, 0.717) is 0 Å². The van der Waals surface area contributed by atoms with Crippen LogP contribution in [0.2, 0.25) is 0 Å². The Morgan fingerprint density at radius 2 is 2.29 bits per heavy atom. The van der Waals surface area contributed by atoms with Crippen LogP contribution in [-0.2, 0) is 24.8 Å². The van der Waals surface area contributed by atoms with Crippen LogP contribution in [0.15, 0.2) is 0 Å². The first kappa shape index (κ1) is 7.37. The van der Waals surface area contributed by atoms with Crippen molar-refractivity contribution in [1.82, 2.24) is 0 Å². The topological polar surface area (TPSA) is 17.1 Å². The van der Waals surface area contributed by atoms with Crippen molar-refractivity contribution in [2.24, 2.45) is 0 Å². The molecule has 44 valence electrons. The largest absolute Gasteiger partial charge is 0.451 e. The average molecular weight is 137 g/mol. The minimum absolute atomic E-state index is 0.190. The lowest BCUT2D eigenvalue weighted by molar-refractivity contribution is 0.597. The van der Waals surface area contributed by atoms with Crippen LogP contribution in [-0.4, -0.2) is 5.25 Å². The maximum Gasteiger partial charge on any atom is -0.0667 e. The molecule has 0 bridgehead atoms. The van der Waals surface area contributed by atoms with Crippen LogP contribution in [0.3, 0.4) is 0 Å². The maximum atomic E-state index is 10.3. The molecule has 7 heavy (non-hydrogen) atoms. The molecule has 0 aliphatic heterocycles. The van der Waals surface area contributed by atoms with E-state index in [1.54, 1.807) is 0 Å². The van der Waals surface area contributed by atoms with Gasteiger partial charge in [0.05, 0.1) is 0 Å². The molecule has 0 saturated carbocycles. The first-order valence-corrected chi connectivity index (χ1v) is 4.40. The van der Waals surface area contributed by atoms with Crippen LogP contribution < -0.4 is 0 Å². The van der Waals surface area contributed by atoms with Crippen LogP contribution in [0.25, 0.3) is 0 Å². The van der Waals surface area contributed by atoms with Gasteiger partial charge >= 0.3 is 0 Å². The van der Waals surface area contributed by atoms with E-state index in [4.69, 9.17) is 0 Å². The predicted octanol–water partition coefficient (Wildman–Crippen LogP) is 1.21. The van der Waals surface area contributed by atoms with Gasteiger partial charge in [-0.2, -0.15) is 0 Å². The number of rotatable bonds is 2. The van der Waals surface area contributed by atoms with E-state index in [2.05, 4.69) is 11.2 Å². The van der Waals surface area contributed by atoms with Gasteiger partial charge < -0.3 is 4.21 Å². The third-order valence-electron chi connectivity index (χ3n) is 0.903. The minimum Gasteiger partial charge on any atom is -0.451 e. The zero-order valence-corrected chi connectivity index (χ0v) is 6.14. The van der Waals surface area contributed by atoms with Gasteiger partial charge in [-0.05, 0) is 0 Å². The molecule has 0 saturated heterocycles. The van der Waals surface area contributed by atoms with E-state index in [1.807, 2.05) is 13.8 Å². The first-order chi connectivity index (χ1) is 3.18.